The molecule has 1 saturated heterocycles. The van der Waals surface area contributed by atoms with E-state index in [1.807, 2.05) is 60.7 Å². The molecule has 0 atom stereocenters. The molecule has 1 N–H and O–H groups in total. The number of nitrogens with one attached hydrogen (secondary N) is 1. The van der Waals surface area contributed by atoms with Gasteiger partial charge < -0.3 is 19.9 Å². The normalized spacial score (nSPS) is 14.3. The lowest BCUT2D eigenvalue weighted by molar-refractivity contribution is -0.115. The maximum absolute atomic E-state index is 12.3. The number of methoxy groups -OCH3 is 1. The molecule has 0 unspecified atom stereocenters. The van der Waals surface area contributed by atoms with Crippen molar-refractivity contribution in [3.05, 3.63) is 66.2 Å². The number of hydrogen-bond donors (Lipinski definition) is 1. The first-order valence-corrected chi connectivity index (χ1v) is 10.4. The van der Waals surface area contributed by atoms with Crippen molar-refractivity contribution in [3.63, 3.8) is 0 Å². The van der Waals surface area contributed by atoms with Crippen molar-refractivity contribution in [2.45, 2.75) is 6.42 Å². The molecule has 0 radical (unpaired) electrons. The zero-order chi connectivity index (χ0) is 21.6. The molecule has 1 aliphatic rings. The van der Waals surface area contributed by atoms with Gasteiger partial charge in [-0.15, -0.1) is 10.2 Å². The SMILES string of the molecule is COc1ccc(CC(=O)Nc2ccc(-c3ccc(N4CCN(C)CC4)nn3)cc2)cc1. The predicted octanol–water partition coefficient (Wildman–Crippen LogP) is 3.09. The number of carbonyl (C=O) groups is 1. The van der Waals surface area contributed by atoms with Gasteiger partial charge in [-0.1, -0.05) is 24.3 Å². The van der Waals surface area contributed by atoms with Crippen molar-refractivity contribution in [1.29, 1.82) is 0 Å². The number of rotatable bonds is 6. The van der Waals surface area contributed by atoms with Crippen LogP contribution >= 0.6 is 0 Å². The third kappa shape index (κ3) is 5.38. The van der Waals surface area contributed by atoms with Gasteiger partial charge in [0.15, 0.2) is 5.82 Å². The van der Waals surface area contributed by atoms with Crippen molar-refractivity contribution < 1.29 is 9.53 Å². The van der Waals surface area contributed by atoms with Crippen LogP contribution in [0.15, 0.2) is 60.7 Å². The van der Waals surface area contributed by atoms with Crippen LogP contribution < -0.4 is 15.0 Å². The van der Waals surface area contributed by atoms with Gasteiger partial charge in [0, 0.05) is 37.4 Å². The van der Waals surface area contributed by atoms with Crippen LogP contribution in [0.25, 0.3) is 11.3 Å². The monoisotopic (exact) mass is 417 g/mol. The molecule has 3 aromatic rings. The van der Waals surface area contributed by atoms with Gasteiger partial charge in [-0.05, 0) is 49.0 Å². The first-order chi connectivity index (χ1) is 15.1. The molecule has 1 aliphatic heterocycles. The van der Waals surface area contributed by atoms with E-state index in [0.29, 0.717) is 6.42 Å². The molecular formula is C24H27N5O2. The van der Waals surface area contributed by atoms with Gasteiger partial charge in [0.2, 0.25) is 5.91 Å². The summed E-state index contributed by atoms with van der Waals surface area (Å²) < 4.78 is 5.14. The van der Waals surface area contributed by atoms with Crippen LogP contribution in [0.2, 0.25) is 0 Å². The van der Waals surface area contributed by atoms with Gasteiger partial charge >= 0.3 is 0 Å². The molecule has 0 spiro atoms. The van der Waals surface area contributed by atoms with E-state index in [9.17, 15) is 4.79 Å². The van der Waals surface area contributed by atoms with E-state index in [1.165, 1.54) is 0 Å². The summed E-state index contributed by atoms with van der Waals surface area (Å²) in [4.78, 5) is 16.9. The highest BCUT2D eigenvalue weighted by Gasteiger charge is 2.15. The quantitative estimate of drug-likeness (QED) is 0.665. The number of anilines is 2. The Bertz CT molecular complexity index is 996. The molecule has 31 heavy (non-hydrogen) atoms. The first-order valence-electron chi connectivity index (χ1n) is 10.4. The lowest BCUT2D eigenvalue weighted by Crippen LogP contribution is -2.44. The third-order valence-corrected chi connectivity index (χ3v) is 5.47. The fourth-order valence-electron chi connectivity index (χ4n) is 3.54. The van der Waals surface area contributed by atoms with Crippen molar-refractivity contribution in [1.82, 2.24) is 15.1 Å². The first kappa shape index (κ1) is 20.8. The standard InChI is InChI=1S/C24H27N5O2/c1-28-13-15-29(16-14-28)23-12-11-22(26-27-23)19-5-7-20(8-6-19)25-24(30)17-18-3-9-21(31-2)10-4-18/h3-12H,13-17H2,1-2H3,(H,25,30). The number of nitrogens with zero attached hydrogens (tertiary/aromatic N) is 4. The minimum atomic E-state index is -0.0609. The molecule has 0 bridgehead atoms. The maximum atomic E-state index is 12.3. The number of likely N-dealkylation sites (N-methyl/N-ethyl adjacent to an activating group) is 1. The second-order valence-corrected chi connectivity index (χ2v) is 7.72. The molecule has 1 amide bonds. The van der Waals surface area contributed by atoms with Crippen molar-refractivity contribution in [2.75, 3.05) is 50.6 Å². The second kappa shape index (κ2) is 9.57. The fourth-order valence-corrected chi connectivity index (χ4v) is 3.54. The van der Waals surface area contributed by atoms with Gasteiger partial charge in [-0.25, -0.2) is 0 Å². The molecule has 160 valence electrons. The number of amides is 1. The third-order valence-electron chi connectivity index (χ3n) is 5.47. The van der Waals surface area contributed by atoms with Crippen LogP contribution in [0.1, 0.15) is 5.56 Å². The van der Waals surface area contributed by atoms with Crippen molar-refractivity contribution in [2.24, 2.45) is 0 Å². The predicted molar refractivity (Wildman–Crippen MR) is 123 cm³/mol. The highest BCUT2D eigenvalue weighted by molar-refractivity contribution is 5.92. The molecular weight excluding hydrogens is 390 g/mol. The Balaban J connectivity index is 1.34. The summed E-state index contributed by atoms with van der Waals surface area (Å²) in [7, 11) is 3.76. The second-order valence-electron chi connectivity index (χ2n) is 7.72. The summed E-state index contributed by atoms with van der Waals surface area (Å²) in [5.41, 5.74) is 3.47. The highest BCUT2D eigenvalue weighted by atomic mass is 16.5. The minimum absolute atomic E-state index is 0.0609. The Morgan fingerprint density at radius 3 is 2.26 bits per heavy atom. The molecule has 4 rings (SSSR count). The highest BCUT2D eigenvalue weighted by Crippen LogP contribution is 2.21. The lowest BCUT2D eigenvalue weighted by atomic mass is 10.1. The number of carbonyl (C=O) groups excluding carboxylic acids is 1. The van der Waals surface area contributed by atoms with Crippen LogP contribution in [0, 0.1) is 0 Å². The molecule has 0 aliphatic carbocycles. The smallest absolute Gasteiger partial charge is 0.228 e. The fraction of sp³-hybridized carbons (Fsp3) is 0.292. The molecule has 7 nitrogen and oxygen atoms in total. The molecule has 2 aromatic carbocycles. The van der Waals surface area contributed by atoms with E-state index in [0.717, 1.165) is 60.3 Å². The van der Waals surface area contributed by atoms with Gasteiger partial charge in [0.25, 0.3) is 0 Å². The number of benzene rings is 2. The largest absolute Gasteiger partial charge is 0.497 e. The molecule has 7 heteroatoms. The Labute approximate surface area is 182 Å². The Hall–Kier alpha value is -3.45. The number of piperazine rings is 1. The van der Waals surface area contributed by atoms with Gasteiger partial charge in [0.05, 0.1) is 19.2 Å². The van der Waals surface area contributed by atoms with E-state index in [4.69, 9.17) is 4.74 Å². The van der Waals surface area contributed by atoms with Gasteiger partial charge in [-0.2, -0.15) is 0 Å². The Morgan fingerprint density at radius 1 is 0.935 bits per heavy atom. The molecule has 2 heterocycles. The Kier molecular flexibility index (Phi) is 6.43. The molecule has 1 fully saturated rings. The average Bonchev–Trinajstić information content (AvgIpc) is 2.81. The van der Waals surface area contributed by atoms with Crippen LogP contribution in [-0.2, 0) is 11.2 Å². The van der Waals surface area contributed by atoms with Crippen molar-refractivity contribution in [3.8, 4) is 17.0 Å². The maximum Gasteiger partial charge on any atom is 0.228 e. The minimum Gasteiger partial charge on any atom is -0.497 e. The van der Waals surface area contributed by atoms with E-state index >= 15 is 0 Å². The zero-order valence-electron chi connectivity index (χ0n) is 17.9. The summed E-state index contributed by atoms with van der Waals surface area (Å²) in [6.07, 6.45) is 0.310. The Morgan fingerprint density at radius 2 is 1.65 bits per heavy atom. The summed E-state index contributed by atoms with van der Waals surface area (Å²) in [6, 6.07) is 19.2. The average molecular weight is 418 g/mol. The molecule has 1 aromatic heterocycles. The van der Waals surface area contributed by atoms with Crippen molar-refractivity contribution >= 4 is 17.4 Å². The van der Waals surface area contributed by atoms with E-state index in [-0.39, 0.29) is 5.91 Å². The van der Waals surface area contributed by atoms with Crippen LogP contribution in [0.3, 0.4) is 0 Å². The van der Waals surface area contributed by atoms with Crippen LogP contribution in [-0.4, -0.2) is 61.3 Å². The topological polar surface area (TPSA) is 70.6 Å². The van der Waals surface area contributed by atoms with E-state index < -0.39 is 0 Å². The summed E-state index contributed by atoms with van der Waals surface area (Å²) in [6.45, 7) is 4.01. The van der Waals surface area contributed by atoms with Gasteiger partial charge in [0.1, 0.15) is 5.75 Å². The van der Waals surface area contributed by atoms with Crippen LogP contribution in [0.4, 0.5) is 11.5 Å². The zero-order valence-corrected chi connectivity index (χ0v) is 17.9. The molecule has 0 saturated carbocycles. The summed E-state index contributed by atoms with van der Waals surface area (Å²) in [5.74, 6) is 1.63. The lowest BCUT2D eigenvalue weighted by Gasteiger charge is -2.32. The summed E-state index contributed by atoms with van der Waals surface area (Å²) >= 11 is 0. The van der Waals surface area contributed by atoms with Crippen LogP contribution in [0.5, 0.6) is 5.75 Å². The van der Waals surface area contributed by atoms with E-state index in [1.54, 1.807) is 7.11 Å². The number of hydrogen-bond acceptors (Lipinski definition) is 6. The number of ether oxygens (including phenoxy) is 1. The summed E-state index contributed by atoms with van der Waals surface area (Å²) in [5, 5.41) is 11.7. The number of aromatic nitrogens is 2. The van der Waals surface area contributed by atoms with Gasteiger partial charge in [-0.3, -0.25) is 4.79 Å². The van der Waals surface area contributed by atoms with E-state index in [2.05, 4.69) is 32.4 Å².